The van der Waals surface area contributed by atoms with E-state index < -0.39 is 0 Å². The quantitative estimate of drug-likeness (QED) is 0.837. The van der Waals surface area contributed by atoms with E-state index in [0.29, 0.717) is 12.5 Å². The van der Waals surface area contributed by atoms with Gasteiger partial charge in [-0.05, 0) is 17.0 Å². The molecule has 1 rings (SSSR count). The molecule has 0 saturated carbocycles. The van der Waals surface area contributed by atoms with Gasteiger partial charge in [-0.1, -0.05) is 38.1 Å². The lowest BCUT2D eigenvalue weighted by atomic mass is 9.99. The first-order valence-corrected chi connectivity index (χ1v) is 7.15. The van der Waals surface area contributed by atoms with Gasteiger partial charge in [-0.2, -0.15) is 0 Å². The van der Waals surface area contributed by atoms with Crippen LogP contribution in [-0.4, -0.2) is 36.9 Å². The largest absolute Gasteiger partial charge is 0.353 e. The Bertz CT molecular complexity index is 489. The molecular weight excluding hydrogens is 302 g/mol. The van der Waals surface area contributed by atoms with Crippen molar-refractivity contribution >= 4 is 24.2 Å². The van der Waals surface area contributed by atoms with Gasteiger partial charge in [0.2, 0.25) is 11.8 Å². The summed E-state index contributed by atoms with van der Waals surface area (Å²) in [6.07, 6.45) is 0. The topological polar surface area (TPSA) is 75.4 Å². The Labute approximate surface area is 138 Å². The van der Waals surface area contributed by atoms with Gasteiger partial charge in [0.1, 0.15) is 0 Å². The van der Waals surface area contributed by atoms with Gasteiger partial charge in [0.15, 0.2) is 0 Å². The summed E-state index contributed by atoms with van der Waals surface area (Å²) in [7, 11) is 1.59. The van der Waals surface area contributed by atoms with Crippen molar-refractivity contribution in [2.45, 2.75) is 32.7 Å². The molecule has 5 nitrogen and oxygen atoms in total. The molecular formula is C16H26ClN3O2. The van der Waals surface area contributed by atoms with Crippen LogP contribution in [0.5, 0.6) is 0 Å². The molecule has 0 aliphatic carbocycles. The summed E-state index contributed by atoms with van der Waals surface area (Å²) in [5, 5.41) is 2.75. The first-order chi connectivity index (χ1) is 9.81. The average Bonchev–Trinajstić information content (AvgIpc) is 2.44. The maximum absolute atomic E-state index is 11.7. The Morgan fingerprint density at radius 2 is 1.68 bits per heavy atom. The highest BCUT2D eigenvalue weighted by Crippen LogP contribution is 2.17. The fourth-order valence-electron chi connectivity index (χ4n) is 1.85. The lowest BCUT2D eigenvalue weighted by Crippen LogP contribution is -2.40. The smallest absolute Gasteiger partial charge is 0.239 e. The zero-order chi connectivity index (χ0) is 16.0. The Kier molecular flexibility index (Phi) is 8.75. The highest BCUT2D eigenvalue weighted by molar-refractivity contribution is 5.85. The molecule has 0 radical (unpaired) electrons. The number of likely N-dealkylation sites (N-methyl/N-ethyl adjacent to an activating group) is 1. The van der Waals surface area contributed by atoms with Crippen molar-refractivity contribution in [3.8, 4) is 0 Å². The Hall–Kier alpha value is -1.59. The number of carbonyl (C=O) groups is 2. The minimum Gasteiger partial charge on any atom is -0.353 e. The number of nitrogens with one attached hydrogen (secondary N) is 1. The number of hydrogen-bond donors (Lipinski definition) is 2. The predicted octanol–water partition coefficient (Wildman–Crippen LogP) is 1.83. The molecule has 6 heteroatoms. The van der Waals surface area contributed by atoms with Crippen molar-refractivity contribution in [1.29, 1.82) is 0 Å². The molecule has 3 N–H and O–H groups in total. The van der Waals surface area contributed by atoms with Crippen LogP contribution in [-0.2, 0) is 9.59 Å². The number of carbonyl (C=O) groups excluding carboxylic acids is 2. The lowest BCUT2D eigenvalue weighted by Gasteiger charge is -2.17. The summed E-state index contributed by atoms with van der Waals surface area (Å²) >= 11 is 0. The molecule has 1 aromatic carbocycles. The van der Waals surface area contributed by atoms with Crippen LogP contribution in [0.2, 0.25) is 0 Å². The zero-order valence-corrected chi connectivity index (χ0v) is 14.4. The molecule has 1 aromatic rings. The van der Waals surface area contributed by atoms with Gasteiger partial charge in [0.05, 0.1) is 6.54 Å². The zero-order valence-electron chi connectivity index (χ0n) is 13.6. The first-order valence-electron chi connectivity index (χ1n) is 7.15. The van der Waals surface area contributed by atoms with E-state index in [1.165, 1.54) is 17.4 Å². The van der Waals surface area contributed by atoms with Gasteiger partial charge in [0, 0.05) is 26.6 Å². The van der Waals surface area contributed by atoms with Gasteiger partial charge >= 0.3 is 0 Å². The maximum Gasteiger partial charge on any atom is 0.239 e. The van der Waals surface area contributed by atoms with E-state index in [0.717, 1.165) is 5.56 Å². The summed E-state index contributed by atoms with van der Waals surface area (Å²) in [5.74, 6) is 0.137. The van der Waals surface area contributed by atoms with Crippen LogP contribution in [0.4, 0.5) is 0 Å². The average molecular weight is 328 g/mol. The first kappa shape index (κ1) is 20.4. The second-order valence-corrected chi connectivity index (χ2v) is 5.61. The molecule has 1 unspecified atom stereocenters. The van der Waals surface area contributed by atoms with Crippen molar-refractivity contribution in [1.82, 2.24) is 10.2 Å². The standard InChI is InChI=1S/C16H25N3O2.ClH/c1-11(2)13-5-7-14(8-6-13)15(17)9-18-16(21)10-19(4)12(3)20;/h5-8,11,15H,9-10,17H2,1-4H3,(H,18,21);1H. The van der Waals surface area contributed by atoms with E-state index in [4.69, 9.17) is 5.73 Å². The van der Waals surface area contributed by atoms with Crippen LogP contribution in [0.3, 0.4) is 0 Å². The van der Waals surface area contributed by atoms with Crippen molar-refractivity contribution in [2.24, 2.45) is 5.73 Å². The third-order valence-corrected chi connectivity index (χ3v) is 3.47. The Morgan fingerprint density at radius 3 is 2.14 bits per heavy atom. The van der Waals surface area contributed by atoms with Crippen LogP contribution >= 0.6 is 12.4 Å². The molecule has 0 bridgehead atoms. The molecule has 0 spiro atoms. The second kappa shape index (κ2) is 9.43. The van der Waals surface area contributed by atoms with Gasteiger partial charge < -0.3 is 16.0 Å². The Balaban J connectivity index is 0.00000441. The molecule has 0 aliphatic rings. The normalized spacial score (nSPS) is 11.5. The fourth-order valence-corrected chi connectivity index (χ4v) is 1.85. The molecule has 2 amide bonds. The summed E-state index contributed by atoms with van der Waals surface area (Å²) < 4.78 is 0. The molecule has 22 heavy (non-hydrogen) atoms. The van der Waals surface area contributed by atoms with Crippen LogP contribution in [0.25, 0.3) is 0 Å². The monoisotopic (exact) mass is 327 g/mol. The van der Waals surface area contributed by atoms with Crippen LogP contribution in [0, 0.1) is 0 Å². The van der Waals surface area contributed by atoms with Crippen LogP contribution in [0.1, 0.15) is 43.9 Å². The maximum atomic E-state index is 11.7. The fraction of sp³-hybridized carbons (Fsp3) is 0.500. The predicted molar refractivity (Wildman–Crippen MR) is 91.0 cm³/mol. The summed E-state index contributed by atoms with van der Waals surface area (Å²) in [5.41, 5.74) is 8.31. The Morgan fingerprint density at radius 1 is 1.18 bits per heavy atom. The van der Waals surface area contributed by atoms with Crippen LogP contribution < -0.4 is 11.1 Å². The summed E-state index contributed by atoms with van der Waals surface area (Å²) in [4.78, 5) is 24.1. The summed E-state index contributed by atoms with van der Waals surface area (Å²) in [6, 6.07) is 7.86. The van der Waals surface area contributed by atoms with Gasteiger partial charge in [0.25, 0.3) is 0 Å². The molecule has 1 atom stereocenters. The van der Waals surface area contributed by atoms with E-state index in [2.05, 4.69) is 31.3 Å². The molecule has 124 valence electrons. The third-order valence-electron chi connectivity index (χ3n) is 3.47. The van der Waals surface area contributed by atoms with Gasteiger partial charge in [-0.25, -0.2) is 0 Å². The van der Waals surface area contributed by atoms with E-state index in [9.17, 15) is 9.59 Å². The second-order valence-electron chi connectivity index (χ2n) is 5.61. The van der Waals surface area contributed by atoms with E-state index in [1.807, 2.05) is 12.1 Å². The SMILES string of the molecule is CC(=O)N(C)CC(=O)NCC(N)c1ccc(C(C)C)cc1.Cl. The minimum atomic E-state index is -0.252. The van der Waals surface area contributed by atoms with Crippen LogP contribution in [0.15, 0.2) is 24.3 Å². The number of nitrogens with two attached hydrogens (primary N) is 1. The number of nitrogens with zero attached hydrogens (tertiary/aromatic N) is 1. The van der Waals surface area contributed by atoms with Gasteiger partial charge in [-0.15, -0.1) is 12.4 Å². The van der Waals surface area contributed by atoms with Crippen molar-refractivity contribution in [2.75, 3.05) is 20.1 Å². The van der Waals surface area contributed by atoms with Gasteiger partial charge in [-0.3, -0.25) is 9.59 Å². The molecule has 0 saturated heterocycles. The lowest BCUT2D eigenvalue weighted by molar-refractivity contribution is -0.133. The van der Waals surface area contributed by atoms with Crippen molar-refractivity contribution in [3.63, 3.8) is 0 Å². The van der Waals surface area contributed by atoms with E-state index in [-0.39, 0.29) is 36.8 Å². The van der Waals surface area contributed by atoms with Crippen molar-refractivity contribution < 1.29 is 9.59 Å². The molecule has 0 heterocycles. The minimum absolute atomic E-state index is 0. The summed E-state index contributed by atoms with van der Waals surface area (Å²) in [6.45, 7) is 6.11. The third kappa shape index (κ3) is 6.45. The number of hydrogen-bond acceptors (Lipinski definition) is 3. The van der Waals surface area contributed by atoms with E-state index >= 15 is 0 Å². The molecule has 0 aromatic heterocycles. The van der Waals surface area contributed by atoms with E-state index in [1.54, 1.807) is 7.05 Å². The molecule has 0 aliphatic heterocycles. The van der Waals surface area contributed by atoms with Crippen molar-refractivity contribution in [3.05, 3.63) is 35.4 Å². The highest BCUT2D eigenvalue weighted by atomic mass is 35.5. The number of rotatable bonds is 6. The number of halogens is 1. The number of amides is 2. The molecule has 0 fully saturated rings. The number of benzene rings is 1. The highest BCUT2D eigenvalue weighted by Gasteiger charge is 2.11.